The number of aromatic hydroxyl groups is 1. The van der Waals surface area contributed by atoms with Crippen molar-refractivity contribution in [2.45, 2.75) is 59.1 Å². The highest BCUT2D eigenvalue weighted by Gasteiger charge is 2.21. The van der Waals surface area contributed by atoms with E-state index >= 15 is 0 Å². The molecule has 1 aromatic heterocycles. The summed E-state index contributed by atoms with van der Waals surface area (Å²) < 4.78 is 7.72. The molecule has 4 aromatic rings. The molecule has 0 aliphatic carbocycles. The van der Waals surface area contributed by atoms with Crippen LogP contribution in [0.2, 0.25) is 0 Å². The van der Waals surface area contributed by atoms with E-state index in [2.05, 4.69) is 23.6 Å². The lowest BCUT2D eigenvalue weighted by Crippen LogP contribution is -2.24. The first-order chi connectivity index (χ1) is 16.3. The number of ether oxygens (including phenoxy) is 1. The van der Waals surface area contributed by atoms with Crippen LogP contribution >= 0.6 is 0 Å². The van der Waals surface area contributed by atoms with Gasteiger partial charge in [-0.25, -0.2) is 9.78 Å². The zero-order valence-electron chi connectivity index (χ0n) is 20.3. The number of hydrogen-bond donors (Lipinski definition) is 1. The molecule has 4 rings (SSSR count). The molecule has 0 unspecified atom stereocenters. The first-order valence-electron chi connectivity index (χ1n) is 11.9. The average Bonchev–Trinajstić information content (AvgIpc) is 3.15. The minimum Gasteiger partial charge on any atom is -0.506 e. The highest BCUT2D eigenvalue weighted by Crippen LogP contribution is 2.29. The normalized spacial score (nSPS) is 11.6. The number of fused-ring (bicyclic) bond motifs is 1. The summed E-state index contributed by atoms with van der Waals surface area (Å²) in [5.74, 6) is 0.904. The molecule has 5 heteroatoms. The van der Waals surface area contributed by atoms with Crippen molar-refractivity contribution < 1.29 is 14.6 Å². The Labute approximate surface area is 201 Å². The fraction of sp³-hybridized carbons (Fsp3) is 0.310. The predicted molar refractivity (Wildman–Crippen MR) is 136 cm³/mol. The number of benzene rings is 3. The minimum atomic E-state index is -0.553. The first-order valence-corrected chi connectivity index (χ1v) is 11.9. The van der Waals surface area contributed by atoms with Gasteiger partial charge in [-0.05, 0) is 62.1 Å². The number of hydrogen-bond acceptors (Lipinski definition) is 4. The molecule has 0 aliphatic rings. The molecule has 0 amide bonds. The van der Waals surface area contributed by atoms with E-state index in [1.807, 2.05) is 63.2 Å². The standard InChI is InChI=1S/C29H32N2O3/c1-5-6-14-26-30-24-12-9-13-25(32)27(24)31(26)19-20-15-17-21(18-16-20)22-10-7-8-11-23(22)28(33)34-29(2,3)4/h7-13,15-18,32H,5-6,14,19H2,1-4H3. The van der Waals surface area contributed by atoms with Crippen molar-refractivity contribution in [1.82, 2.24) is 9.55 Å². The number of carbonyl (C=O) groups is 1. The second-order valence-corrected chi connectivity index (χ2v) is 9.61. The number of para-hydroxylation sites is 1. The Bertz CT molecular complexity index is 1300. The largest absolute Gasteiger partial charge is 0.506 e. The molecule has 0 spiro atoms. The van der Waals surface area contributed by atoms with E-state index < -0.39 is 5.60 Å². The Kier molecular flexibility index (Phi) is 6.73. The second-order valence-electron chi connectivity index (χ2n) is 9.61. The van der Waals surface area contributed by atoms with Crippen LogP contribution in [0.25, 0.3) is 22.2 Å². The highest BCUT2D eigenvalue weighted by molar-refractivity contribution is 5.97. The topological polar surface area (TPSA) is 64.4 Å². The fourth-order valence-corrected chi connectivity index (χ4v) is 4.13. The van der Waals surface area contributed by atoms with Gasteiger partial charge in [0, 0.05) is 13.0 Å². The van der Waals surface area contributed by atoms with Gasteiger partial charge in [-0.1, -0.05) is 61.9 Å². The Morgan fingerprint density at radius 1 is 1.00 bits per heavy atom. The molecule has 0 saturated carbocycles. The number of esters is 1. The summed E-state index contributed by atoms with van der Waals surface area (Å²) in [6, 6.07) is 21.2. The molecule has 0 atom stereocenters. The highest BCUT2D eigenvalue weighted by atomic mass is 16.6. The van der Waals surface area contributed by atoms with Gasteiger partial charge in [0.2, 0.25) is 0 Å². The lowest BCUT2D eigenvalue weighted by molar-refractivity contribution is 0.00704. The summed E-state index contributed by atoms with van der Waals surface area (Å²) in [6.45, 7) is 8.39. The van der Waals surface area contributed by atoms with Crippen LogP contribution in [-0.4, -0.2) is 26.2 Å². The molecule has 1 heterocycles. The van der Waals surface area contributed by atoms with Crippen molar-refractivity contribution in [2.24, 2.45) is 0 Å². The van der Waals surface area contributed by atoms with E-state index in [1.165, 1.54) is 0 Å². The smallest absolute Gasteiger partial charge is 0.339 e. The number of rotatable bonds is 7. The predicted octanol–water partition coefficient (Wildman–Crippen LogP) is 6.76. The molecular formula is C29H32N2O3. The van der Waals surface area contributed by atoms with Gasteiger partial charge >= 0.3 is 5.97 Å². The third-order valence-corrected chi connectivity index (χ3v) is 5.73. The van der Waals surface area contributed by atoms with Crippen molar-refractivity contribution in [3.8, 4) is 16.9 Å². The Morgan fingerprint density at radius 2 is 1.74 bits per heavy atom. The molecule has 3 aromatic carbocycles. The van der Waals surface area contributed by atoms with Gasteiger partial charge in [0.1, 0.15) is 22.7 Å². The number of carbonyl (C=O) groups excluding carboxylic acids is 1. The molecular weight excluding hydrogens is 424 g/mol. The van der Waals surface area contributed by atoms with Crippen LogP contribution in [0.3, 0.4) is 0 Å². The van der Waals surface area contributed by atoms with Crippen LogP contribution in [-0.2, 0) is 17.7 Å². The minimum absolute atomic E-state index is 0.246. The quantitative estimate of drug-likeness (QED) is 0.312. The van der Waals surface area contributed by atoms with Crippen molar-refractivity contribution in [2.75, 3.05) is 0 Å². The number of aryl methyl sites for hydroxylation is 1. The van der Waals surface area contributed by atoms with E-state index in [0.717, 1.165) is 52.8 Å². The van der Waals surface area contributed by atoms with Gasteiger partial charge in [0.25, 0.3) is 0 Å². The van der Waals surface area contributed by atoms with E-state index in [9.17, 15) is 9.90 Å². The maximum Gasteiger partial charge on any atom is 0.339 e. The van der Waals surface area contributed by atoms with Crippen LogP contribution < -0.4 is 0 Å². The maximum absolute atomic E-state index is 12.8. The van der Waals surface area contributed by atoms with E-state index in [1.54, 1.807) is 12.1 Å². The molecule has 0 radical (unpaired) electrons. The lowest BCUT2D eigenvalue weighted by atomic mass is 9.98. The molecule has 0 aliphatic heterocycles. The number of phenols is 1. The fourth-order valence-electron chi connectivity index (χ4n) is 4.13. The van der Waals surface area contributed by atoms with Crippen molar-refractivity contribution in [3.63, 3.8) is 0 Å². The SMILES string of the molecule is CCCCc1nc2cccc(O)c2n1Cc1ccc(-c2ccccc2C(=O)OC(C)(C)C)cc1. The lowest BCUT2D eigenvalue weighted by Gasteiger charge is -2.20. The molecule has 1 N–H and O–H groups in total. The third-order valence-electron chi connectivity index (χ3n) is 5.73. The van der Waals surface area contributed by atoms with E-state index in [4.69, 9.17) is 9.72 Å². The van der Waals surface area contributed by atoms with Gasteiger partial charge in [0.05, 0.1) is 11.1 Å². The summed E-state index contributed by atoms with van der Waals surface area (Å²) in [5, 5.41) is 10.5. The second kappa shape index (κ2) is 9.72. The van der Waals surface area contributed by atoms with Crippen LogP contribution in [0, 0.1) is 0 Å². The summed E-state index contributed by atoms with van der Waals surface area (Å²) in [6.07, 6.45) is 3.00. The number of imidazole rings is 1. The summed E-state index contributed by atoms with van der Waals surface area (Å²) in [7, 11) is 0. The van der Waals surface area contributed by atoms with E-state index in [0.29, 0.717) is 12.1 Å². The summed E-state index contributed by atoms with van der Waals surface area (Å²) in [4.78, 5) is 17.5. The summed E-state index contributed by atoms with van der Waals surface area (Å²) >= 11 is 0. The Morgan fingerprint density at radius 3 is 2.44 bits per heavy atom. The van der Waals surface area contributed by atoms with Crippen molar-refractivity contribution in [1.29, 1.82) is 0 Å². The van der Waals surface area contributed by atoms with Gasteiger partial charge < -0.3 is 14.4 Å². The maximum atomic E-state index is 12.8. The number of phenolic OH excluding ortho intramolecular Hbond substituents is 1. The zero-order chi connectivity index (χ0) is 24.3. The van der Waals surface area contributed by atoms with Crippen molar-refractivity contribution in [3.05, 3.63) is 83.7 Å². The van der Waals surface area contributed by atoms with Crippen molar-refractivity contribution >= 4 is 17.0 Å². The molecule has 0 saturated heterocycles. The summed E-state index contributed by atoms with van der Waals surface area (Å²) in [5.41, 5.74) is 4.48. The number of aromatic nitrogens is 2. The molecule has 0 bridgehead atoms. The molecule has 5 nitrogen and oxygen atoms in total. The molecule has 0 fully saturated rings. The molecule has 176 valence electrons. The Balaban J connectivity index is 1.65. The van der Waals surface area contributed by atoms with Crippen LogP contribution in [0.4, 0.5) is 0 Å². The monoisotopic (exact) mass is 456 g/mol. The van der Waals surface area contributed by atoms with Gasteiger partial charge in [-0.3, -0.25) is 0 Å². The third kappa shape index (κ3) is 5.14. The van der Waals surface area contributed by atoms with Gasteiger partial charge in [0.15, 0.2) is 0 Å². The van der Waals surface area contributed by atoms with Gasteiger partial charge in [-0.2, -0.15) is 0 Å². The van der Waals surface area contributed by atoms with Crippen LogP contribution in [0.15, 0.2) is 66.7 Å². The van der Waals surface area contributed by atoms with Gasteiger partial charge in [-0.15, -0.1) is 0 Å². The van der Waals surface area contributed by atoms with Crippen LogP contribution in [0.5, 0.6) is 5.75 Å². The van der Waals surface area contributed by atoms with E-state index in [-0.39, 0.29) is 11.7 Å². The average molecular weight is 457 g/mol. The van der Waals surface area contributed by atoms with Crippen LogP contribution in [0.1, 0.15) is 62.3 Å². The zero-order valence-corrected chi connectivity index (χ0v) is 20.3. The first kappa shape index (κ1) is 23.6. The molecule has 34 heavy (non-hydrogen) atoms. The number of unbranched alkanes of at least 4 members (excludes halogenated alkanes) is 1. The Hall–Kier alpha value is -3.60. The number of nitrogens with zero attached hydrogens (tertiary/aromatic N) is 2.